The van der Waals surface area contributed by atoms with Crippen LogP contribution in [-0.4, -0.2) is 48.3 Å². The minimum absolute atomic E-state index is 0.0733. The average Bonchev–Trinajstić information content (AvgIpc) is 1.99. The number of methoxy groups -OCH3 is 1. The molecule has 0 atom stereocenters. The molecule has 0 aromatic rings. The van der Waals surface area contributed by atoms with Crippen LogP contribution in [-0.2, 0) is 9.53 Å². The summed E-state index contributed by atoms with van der Waals surface area (Å²) in [5, 5.41) is 9.50. The van der Waals surface area contributed by atoms with Crippen LogP contribution < -0.4 is 0 Å². The molecule has 0 saturated carbocycles. The summed E-state index contributed by atoms with van der Waals surface area (Å²) in [6, 6.07) is 0. The third-order valence-corrected chi connectivity index (χ3v) is 1.58. The van der Waals surface area contributed by atoms with Gasteiger partial charge in [-0.2, -0.15) is 0 Å². The van der Waals surface area contributed by atoms with Crippen molar-refractivity contribution < 1.29 is 14.6 Å². The van der Waals surface area contributed by atoms with Crippen molar-refractivity contribution in [3.05, 3.63) is 0 Å². The summed E-state index contributed by atoms with van der Waals surface area (Å²) in [6.07, 6.45) is 0. The van der Waals surface area contributed by atoms with Crippen LogP contribution in [0.15, 0.2) is 0 Å². The molecule has 0 aliphatic heterocycles. The predicted molar refractivity (Wildman–Crippen MR) is 50.4 cm³/mol. The molecule has 0 unspecified atom stereocenters. The lowest BCUT2D eigenvalue weighted by Crippen LogP contribution is -2.43. The summed E-state index contributed by atoms with van der Waals surface area (Å²) in [4.78, 5) is 12.9. The molecule has 1 N–H and O–H groups in total. The van der Waals surface area contributed by atoms with Crippen LogP contribution in [0.25, 0.3) is 0 Å². The van der Waals surface area contributed by atoms with Gasteiger partial charge in [-0.05, 0) is 20.8 Å². The lowest BCUT2D eigenvalue weighted by molar-refractivity contribution is -0.137. The molecule has 1 amide bonds. The van der Waals surface area contributed by atoms with Crippen LogP contribution in [0.5, 0.6) is 0 Å². The Bertz CT molecular complexity index is 163. The fourth-order valence-corrected chi connectivity index (χ4v) is 1.06. The predicted octanol–water partition coefficient (Wildman–Crippen LogP) is 0.252. The van der Waals surface area contributed by atoms with Crippen molar-refractivity contribution in [2.75, 3.05) is 26.8 Å². The molecular weight excluding hydrogens is 170 g/mol. The number of hydrogen-bond donors (Lipinski definition) is 1. The van der Waals surface area contributed by atoms with Crippen LogP contribution in [0.2, 0.25) is 0 Å². The highest BCUT2D eigenvalue weighted by Crippen LogP contribution is 2.04. The summed E-state index contributed by atoms with van der Waals surface area (Å²) in [5.74, 6) is -0.0906. The third kappa shape index (κ3) is 5.60. The smallest absolute Gasteiger partial charge is 0.248 e. The van der Waals surface area contributed by atoms with Gasteiger partial charge in [0, 0.05) is 20.2 Å². The molecular formula is C9H19NO3. The maximum absolute atomic E-state index is 11.3. The van der Waals surface area contributed by atoms with Gasteiger partial charge in [-0.3, -0.25) is 4.79 Å². The zero-order chi connectivity index (χ0) is 10.5. The molecule has 4 heteroatoms. The van der Waals surface area contributed by atoms with Crippen molar-refractivity contribution in [3.8, 4) is 0 Å². The number of amides is 1. The summed E-state index contributed by atoms with van der Waals surface area (Å²) >= 11 is 0. The molecule has 78 valence electrons. The molecule has 0 spiro atoms. The average molecular weight is 189 g/mol. The van der Waals surface area contributed by atoms with E-state index in [0.29, 0.717) is 13.1 Å². The molecule has 0 bridgehead atoms. The van der Waals surface area contributed by atoms with E-state index in [4.69, 9.17) is 4.74 Å². The molecule has 0 saturated heterocycles. The maximum Gasteiger partial charge on any atom is 0.248 e. The van der Waals surface area contributed by atoms with Crippen LogP contribution in [0.1, 0.15) is 20.8 Å². The zero-order valence-electron chi connectivity index (χ0n) is 8.83. The number of likely N-dealkylation sites (N-methyl/N-ethyl adjacent to an activating group) is 1. The maximum atomic E-state index is 11.3. The van der Waals surface area contributed by atoms with Crippen LogP contribution in [0.3, 0.4) is 0 Å². The van der Waals surface area contributed by atoms with E-state index in [1.54, 1.807) is 18.7 Å². The van der Waals surface area contributed by atoms with Gasteiger partial charge in [0.05, 0.1) is 5.60 Å². The Morgan fingerprint density at radius 1 is 1.54 bits per heavy atom. The quantitative estimate of drug-likeness (QED) is 0.674. The Hall–Kier alpha value is -0.610. The molecule has 0 rings (SSSR count). The monoisotopic (exact) mass is 189 g/mol. The number of ether oxygens (including phenoxy) is 1. The highest BCUT2D eigenvalue weighted by molar-refractivity contribution is 5.77. The molecule has 0 aromatic carbocycles. The van der Waals surface area contributed by atoms with Gasteiger partial charge in [0.1, 0.15) is 6.61 Å². The van der Waals surface area contributed by atoms with E-state index in [9.17, 15) is 9.90 Å². The number of nitrogens with zero attached hydrogens (tertiary/aromatic N) is 1. The summed E-state index contributed by atoms with van der Waals surface area (Å²) < 4.78 is 4.73. The Balaban J connectivity index is 4.10. The Labute approximate surface area is 79.5 Å². The highest BCUT2D eigenvalue weighted by atomic mass is 16.5. The minimum Gasteiger partial charge on any atom is -0.389 e. The topological polar surface area (TPSA) is 49.8 Å². The normalized spacial score (nSPS) is 11.5. The second-order valence-electron chi connectivity index (χ2n) is 3.65. The number of aliphatic hydroxyl groups is 1. The molecule has 4 nitrogen and oxygen atoms in total. The summed E-state index contributed by atoms with van der Waals surface area (Å²) in [6.45, 7) is 6.23. The lowest BCUT2D eigenvalue weighted by atomic mass is 10.1. The zero-order valence-corrected chi connectivity index (χ0v) is 8.83. The second kappa shape index (κ2) is 5.19. The first kappa shape index (κ1) is 12.4. The Morgan fingerprint density at radius 3 is 2.38 bits per heavy atom. The van der Waals surface area contributed by atoms with E-state index in [1.165, 1.54) is 7.11 Å². The van der Waals surface area contributed by atoms with Gasteiger partial charge >= 0.3 is 0 Å². The third-order valence-electron chi connectivity index (χ3n) is 1.58. The second-order valence-corrected chi connectivity index (χ2v) is 3.65. The first-order valence-corrected chi connectivity index (χ1v) is 4.39. The molecule has 0 radical (unpaired) electrons. The van der Waals surface area contributed by atoms with Crippen LogP contribution in [0, 0.1) is 0 Å². The van der Waals surface area contributed by atoms with E-state index in [2.05, 4.69) is 0 Å². The van der Waals surface area contributed by atoms with Gasteiger partial charge in [-0.15, -0.1) is 0 Å². The van der Waals surface area contributed by atoms with Crippen molar-refractivity contribution in [2.45, 2.75) is 26.4 Å². The first-order valence-electron chi connectivity index (χ1n) is 4.39. The van der Waals surface area contributed by atoms with Crippen molar-refractivity contribution in [1.29, 1.82) is 0 Å². The van der Waals surface area contributed by atoms with Crippen molar-refractivity contribution in [2.24, 2.45) is 0 Å². The SMILES string of the molecule is CCN(CC(C)(C)O)C(=O)COC. The van der Waals surface area contributed by atoms with Crippen molar-refractivity contribution >= 4 is 5.91 Å². The van der Waals surface area contributed by atoms with E-state index in [1.807, 2.05) is 6.92 Å². The van der Waals surface area contributed by atoms with Gasteiger partial charge < -0.3 is 14.7 Å². The van der Waals surface area contributed by atoms with Gasteiger partial charge in [0.15, 0.2) is 0 Å². The number of rotatable bonds is 5. The van der Waals surface area contributed by atoms with Gasteiger partial charge in [-0.1, -0.05) is 0 Å². The number of carbonyl (C=O) groups is 1. The van der Waals surface area contributed by atoms with Gasteiger partial charge in [0.25, 0.3) is 0 Å². The van der Waals surface area contributed by atoms with E-state index < -0.39 is 5.60 Å². The van der Waals surface area contributed by atoms with Crippen molar-refractivity contribution in [3.63, 3.8) is 0 Å². The van der Waals surface area contributed by atoms with Gasteiger partial charge in [-0.25, -0.2) is 0 Å². The molecule has 0 heterocycles. The van der Waals surface area contributed by atoms with E-state index in [0.717, 1.165) is 0 Å². The fraction of sp³-hybridized carbons (Fsp3) is 0.889. The van der Waals surface area contributed by atoms with Gasteiger partial charge in [0.2, 0.25) is 5.91 Å². The minimum atomic E-state index is -0.848. The van der Waals surface area contributed by atoms with E-state index in [-0.39, 0.29) is 12.5 Å². The first-order chi connectivity index (χ1) is 5.90. The largest absolute Gasteiger partial charge is 0.389 e. The molecule has 13 heavy (non-hydrogen) atoms. The van der Waals surface area contributed by atoms with Crippen LogP contribution in [0.4, 0.5) is 0 Å². The van der Waals surface area contributed by atoms with Crippen LogP contribution >= 0.6 is 0 Å². The standard InChI is InChI=1S/C9H19NO3/c1-5-10(7-9(2,3)12)8(11)6-13-4/h12H,5-7H2,1-4H3. The number of carbonyl (C=O) groups excluding carboxylic acids is 1. The lowest BCUT2D eigenvalue weighted by Gasteiger charge is -2.27. The highest BCUT2D eigenvalue weighted by Gasteiger charge is 2.20. The molecule has 0 aliphatic carbocycles. The Kier molecular flexibility index (Phi) is 4.95. The van der Waals surface area contributed by atoms with Crippen molar-refractivity contribution in [1.82, 2.24) is 4.90 Å². The fourth-order valence-electron chi connectivity index (χ4n) is 1.06. The molecule has 0 aliphatic rings. The molecule has 0 fully saturated rings. The number of hydrogen-bond acceptors (Lipinski definition) is 3. The Morgan fingerprint density at radius 2 is 2.08 bits per heavy atom. The summed E-state index contributed by atoms with van der Waals surface area (Å²) in [7, 11) is 1.48. The summed E-state index contributed by atoms with van der Waals surface area (Å²) in [5.41, 5.74) is -0.848. The van der Waals surface area contributed by atoms with E-state index >= 15 is 0 Å². The molecule has 0 aromatic heterocycles.